The number of anilines is 1. The molecule has 2 N–H and O–H groups in total. The minimum absolute atomic E-state index is 0.178. The van der Waals surface area contributed by atoms with Crippen molar-refractivity contribution in [3.63, 3.8) is 0 Å². The molecule has 0 saturated carbocycles. The first-order chi connectivity index (χ1) is 10.5. The number of nitrogens with one attached hydrogen (secondary N) is 2. The number of benzene rings is 1. The van der Waals surface area contributed by atoms with E-state index in [2.05, 4.69) is 29.4 Å². The van der Waals surface area contributed by atoms with Gasteiger partial charge in [-0.1, -0.05) is 25.4 Å². The average Bonchev–Trinajstić information content (AvgIpc) is 2.47. The summed E-state index contributed by atoms with van der Waals surface area (Å²) >= 11 is 11.2. The van der Waals surface area contributed by atoms with E-state index in [9.17, 15) is 0 Å². The molecule has 0 aromatic heterocycles. The van der Waals surface area contributed by atoms with Gasteiger partial charge in [-0.3, -0.25) is 4.90 Å². The Kier molecular flexibility index (Phi) is 6.89. The molecule has 1 saturated heterocycles. The molecule has 6 heteroatoms. The maximum Gasteiger partial charge on any atom is 0.170 e. The summed E-state index contributed by atoms with van der Waals surface area (Å²) in [4.78, 5) is 2.45. The number of ether oxygens (including phenoxy) is 1. The number of rotatable bonds is 5. The Bertz CT molecular complexity index is 481. The van der Waals surface area contributed by atoms with Crippen LogP contribution in [0, 0.1) is 5.92 Å². The molecule has 0 unspecified atom stereocenters. The van der Waals surface area contributed by atoms with Crippen molar-refractivity contribution in [3.05, 3.63) is 29.3 Å². The highest BCUT2D eigenvalue weighted by molar-refractivity contribution is 7.80. The van der Waals surface area contributed by atoms with Crippen LogP contribution >= 0.6 is 23.8 Å². The van der Waals surface area contributed by atoms with Crippen molar-refractivity contribution in [1.82, 2.24) is 10.2 Å². The molecule has 1 aliphatic rings. The lowest BCUT2D eigenvalue weighted by molar-refractivity contribution is -0.0283. The van der Waals surface area contributed by atoms with Gasteiger partial charge in [0, 0.05) is 36.9 Å². The molecule has 2 rings (SSSR count). The van der Waals surface area contributed by atoms with Gasteiger partial charge in [0.2, 0.25) is 0 Å². The van der Waals surface area contributed by atoms with Crippen LogP contribution < -0.4 is 10.6 Å². The molecule has 0 spiro atoms. The van der Waals surface area contributed by atoms with E-state index >= 15 is 0 Å². The third-order valence-electron chi connectivity index (χ3n) is 3.44. The van der Waals surface area contributed by atoms with Crippen molar-refractivity contribution in [2.24, 2.45) is 5.92 Å². The van der Waals surface area contributed by atoms with Gasteiger partial charge in [0.05, 0.1) is 12.7 Å². The summed E-state index contributed by atoms with van der Waals surface area (Å²) in [6.07, 6.45) is 0.178. The Hall–Kier alpha value is -0.880. The molecule has 0 radical (unpaired) electrons. The topological polar surface area (TPSA) is 36.5 Å². The lowest BCUT2D eigenvalue weighted by Gasteiger charge is -2.34. The monoisotopic (exact) mass is 341 g/mol. The average molecular weight is 342 g/mol. The molecular formula is C16H24ClN3OS. The smallest absolute Gasteiger partial charge is 0.170 e. The summed E-state index contributed by atoms with van der Waals surface area (Å²) in [5, 5.41) is 7.69. The first kappa shape index (κ1) is 17.5. The van der Waals surface area contributed by atoms with Gasteiger partial charge in [0.15, 0.2) is 5.11 Å². The lowest BCUT2D eigenvalue weighted by atomic mass is 10.2. The number of hydrogen-bond donors (Lipinski definition) is 2. The highest BCUT2D eigenvalue weighted by atomic mass is 35.5. The van der Waals surface area contributed by atoms with Crippen LogP contribution in [0.3, 0.4) is 0 Å². The zero-order valence-electron chi connectivity index (χ0n) is 13.1. The van der Waals surface area contributed by atoms with Gasteiger partial charge in [-0.15, -0.1) is 0 Å². The molecule has 4 nitrogen and oxygen atoms in total. The van der Waals surface area contributed by atoms with Crippen LogP contribution in [0.25, 0.3) is 0 Å². The summed E-state index contributed by atoms with van der Waals surface area (Å²) in [7, 11) is 0. The van der Waals surface area contributed by atoms with E-state index in [-0.39, 0.29) is 6.10 Å². The number of morpholine rings is 1. The van der Waals surface area contributed by atoms with Crippen molar-refractivity contribution in [2.45, 2.75) is 20.0 Å². The van der Waals surface area contributed by atoms with Gasteiger partial charge in [0.25, 0.3) is 0 Å². The molecule has 1 fully saturated rings. The fraction of sp³-hybridized carbons (Fsp3) is 0.562. The van der Waals surface area contributed by atoms with Gasteiger partial charge >= 0.3 is 0 Å². The summed E-state index contributed by atoms with van der Waals surface area (Å²) in [6.45, 7) is 9.08. The van der Waals surface area contributed by atoms with Gasteiger partial charge in [-0.2, -0.15) is 0 Å². The number of hydrogen-bond acceptors (Lipinski definition) is 3. The quantitative estimate of drug-likeness (QED) is 0.805. The summed E-state index contributed by atoms with van der Waals surface area (Å²) in [6, 6.07) is 7.47. The Morgan fingerprint density at radius 1 is 1.41 bits per heavy atom. The van der Waals surface area contributed by atoms with Gasteiger partial charge in [0.1, 0.15) is 0 Å². The van der Waals surface area contributed by atoms with Gasteiger partial charge < -0.3 is 15.4 Å². The largest absolute Gasteiger partial charge is 0.374 e. The predicted molar refractivity (Wildman–Crippen MR) is 96.7 cm³/mol. The first-order valence-corrected chi connectivity index (χ1v) is 8.46. The van der Waals surface area contributed by atoms with Crippen LogP contribution in [0.2, 0.25) is 5.02 Å². The number of thiocarbonyl (C=S) groups is 1. The standard InChI is InChI=1S/C16H24ClN3OS/c1-12(2)10-20-7-8-21-15(11-20)9-18-16(22)19-14-5-3-13(17)4-6-14/h3-6,12,15H,7-11H2,1-2H3,(H2,18,19,22)/t15-/m1/s1. The summed E-state index contributed by atoms with van der Waals surface area (Å²) in [5.74, 6) is 0.680. The van der Waals surface area contributed by atoms with E-state index in [1.54, 1.807) is 0 Å². The van der Waals surface area contributed by atoms with Crippen molar-refractivity contribution in [1.29, 1.82) is 0 Å². The Balaban J connectivity index is 1.72. The van der Waals surface area contributed by atoms with Crippen LogP contribution in [0.5, 0.6) is 0 Å². The Morgan fingerprint density at radius 2 is 2.14 bits per heavy atom. The van der Waals surface area contributed by atoms with E-state index in [0.717, 1.165) is 31.9 Å². The molecule has 0 amide bonds. The molecule has 22 heavy (non-hydrogen) atoms. The fourth-order valence-electron chi connectivity index (χ4n) is 2.50. The summed E-state index contributed by atoms with van der Waals surface area (Å²) < 4.78 is 5.80. The van der Waals surface area contributed by atoms with E-state index < -0.39 is 0 Å². The maximum atomic E-state index is 5.86. The molecule has 1 atom stereocenters. The molecule has 1 heterocycles. The van der Waals surface area contributed by atoms with Crippen LogP contribution in [-0.4, -0.2) is 48.9 Å². The molecule has 122 valence electrons. The SMILES string of the molecule is CC(C)CN1CCO[C@H](CNC(=S)Nc2ccc(Cl)cc2)C1. The second kappa shape index (κ2) is 8.67. The molecule has 0 aliphatic carbocycles. The number of nitrogens with zero attached hydrogens (tertiary/aromatic N) is 1. The Morgan fingerprint density at radius 3 is 2.82 bits per heavy atom. The van der Waals surface area contributed by atoms with Gasteiger partial charge in [-0.05, 0) is 42.4 Å². The zero-order chi connectivity index (χ0) is 15.9. The van der Waals surface area contributed by atoms with E-state index in [4.69, 9.17) is 28.6 Å². The highest BCUT2D eigenvalue weighted by Crippen LogP contribution is 2.13. The van der Waals surface area contributed by atoms with E-state index in [1.807, 2.05) is 24.3 Å². The van der Waals surface area contributed by atoms with Crippen molar-refractivity contribution in [2.75, 3.05) is 38.1 Å². The summed E-state index contributed by atoms with van der Waals surface area (Å²) in [5.41, 5.74) is 0.924. The van der Waals surface area contributed by atoms with Crippen LogP contribution in [0.15, 0.2) is 24.3 Å². The van der Waals surface area contributed by atoms with Crippen LogP contribution in [-0.2, 0) is 4.74 Å². The van der Waals surface area contributed by atoms with Crippen molar-refractivity contribution < 1.29 is 4.74 Å². The van der Waals surface area contributed by atoms with Crippen LogP contribution in [0.4, 0.5) is 5.69 Å². The lowest BCUT2D eigenvalue weighted by Crippen LogP contribution is -2.48. The number of halogens is 1. The van der Waals surface area contributed by atoms with Gasteiger partial charge in [-0.25, -0.2) is 0 Å². The van der Waals surface area contributed by atoms with Crippen LogP contribution in [0.1, 0.15) is 13.8 Å². The maximum absolute atomic E-state index is 5.86. The molecule has 0 bridgehead atoms. The van der Waals surface area contributed by atoms with E-state index in [1.165, 1.54) is 0 Å². The third-order valence-corrected chi connectivity index (χ3v) is 3.94. The normalized spacial score (nSPS) is 19.2. The minimum atomic E-state index is 0.178. The molecule has 1 aliphatic heterocycles. The first-order valence-electron chi connectivity index (χ1n) is 7.67. The Labute approximate surface area is 143 Å². The predicted octanol–water partition coefficient (Wildman–Crippen LogP) is 2.98. The van der Waals surface area contributed by atoms with Crippen molar-refractivity contribution in [3.8, 4) is 0 Å². The highest BCUT2D eigenvalue weighted by Gasteiger charge is 2.20. The zero-order valence-corrected chi connectivity index (χ0v) is 14.7. The molecular weight excluding hydrogens is 318 g/mol. The minimum Gasteiger partial charge on any atom is -0.374 e. The molecule has 1 aromatic carbocycles. The second-order valence-electron chi connectivity index (χ2n) is 5.99. The molecule has 1 aromatic rings. The van der Waals surface area contributed by atoms with E-state index in [0.29, 0.717) is 22.6 Å². The second-order valence-corrected chi connectivity index (χ2v) is 6.83. The fourth-order valence-corrected chi connectivity index (χ4v) is 2.83. The van der Waals surface area contributed by atoms with Crippen molar-refractivity contribution >= 4 is 34.6 Å². The third kappa shape index (κ3) is 6.08.